The van der Waals surface area contributed by atoms with Crippen LogP contribution in [0.4, 0.5) is 0 Å². The van der Waals surface area contributed by atoms with E-state index in [0.29, 0.717) is 0 Å². The maximum atomic E-state index is 5.87. The number of ether oxygens (including phenoxy) is 1. The van der Waals surface area contributed by atoms with E-state index in [1.54, 1.807) is 0 Å². The number of hydrogen-bond donors (Lipinski definition) is 0. The van der Waals surface area contributed by atoms with Gasteiger partial charge in [0.15, 0.2) is 0 Å². The number of nitrogens with zero attached hydrogens (tertiary/aromatic N) is 2. The van der Waals surface area contributed by atoms with E-state index in [1.165, 1.54) is 56.5 Å². The van der Waals surface area contributed by atoms with Crippen molar-refractivity contribution in [3.63, 3.8) is 0 Å². The molecule has 0 N–H and O–H groups in total. The molecular formula is C15H34Br2N2O. The van der Waals surface area contributed by atoms with Crippen molar-refractivity contribution in [1.82, 2.24) is 0 Å². The SMILES string of the molecule is CC[N+](C)(C)CCOCC[N+]1(CC)CCCCC1.[Br-].[Br-]. The van der Waals surface area contributed by atoms with Crippen LogP contribution in [0.5, 0.6) is 0 Å². The van der Waals surface area contributed by atoms with E-state index >= 15 is 0 Å². The van der Waals surface area contributed by atoms with Crippen molar-refractivity contribution in [3.8, 4) is 0 Å². The van der Waals surface area contributed by atoms with Crippen molar-refractivity contribution in [1.29, 1.82) is 0 Å². The Balaban J connectivity index is 0. The largest absolute Gasteiger partial charge is 1.00 e. The molecule has 1 fully saturated rings. The van der Waals surface area contributed by atoms with E-state index in [0.717, 1.165) is 24.2 Å². The zero-order valence-electron chi connectivity index (χ0n) is 13.8. The highest BCUT2D eigenvalue weighted by atomic mass is 79.9. The van der Waals surface area contributed by atoms with Gasteiger partial charge in [0.2, 0.25) is 0 Å². The van der Waals surface area contributed by atoms with Crippen molar-refractivity contribution < 1.29 is 47.7 Å². The predicted molar refractivity (Wildman–Crippen MR) is 77.6 cm³/mol. The van der Waals surface area contributed by atoms with E-state index in [9.17, 15) is 0 Å². The van der Waals surface area contributed by atoms with Crippen LogP contribution in [-0.2, 0) is 4.74 Å². The lowest BCUT2D eigenvalue weighted by molar-refractivity contribution is -0.931. The van der Waals surface area contributed by atoms with Gasteiger partial charge in [-0.1, -0.05) is 0 Å². The summed E-state index contributed by atoms with van der Waals surface area (Å²) >= 11 is 0. The van der Waals surface area contributed by atoms with Gasteiger partial charge in [-0.2, -0.15) is 0 Å². The molecule has 0 unspecified atom stereocenters. The third-order valence-electron chi connectivity index (χ3n) is 4.84. The van der Waals surface area contributed by atoms with Crippen LogP contribution in [-0.4, -0.2) is 75.5 Å². The van der Waals surface area contributed by atoms with Gasteiger partial charge in [0.1, 0.15) is 13.1 Å². The van der Waals surface area contributed by atoms with Crippen molar-refractivity contribution >= 4 is 0 Å². The molecule has 0 bridgehead atoms. The first-order valence-corrected chi connectivity index (χ1v) is 7.78. The van der Waals surface area contributed by atoms with Gasteiger partial charge in [-0.3, -0.25) is 0 Å². The Morgan fingerprint density at radius 2 is 1.55 bits per heavy atom. The van der Waals surface area contributed by atoms with Crippen molar-refractivity contribution in [2.75, 3.05) is 66.6 Å². The molecule has 0 aliphatic carbocycles. The molecular weight excluding hydrogens is 384 g/mol. The molecule has 0 atom stereocenters. The van der Waals surface area contributed by atoms with E-state index in [1.807, 2.05) is 0 Å². The number of rotatable bonds is 8. The first kappa shape index (κ1) is 23.1. The average molecular weight is 418 g/mol. The van der Waals surface area contributed by atoms with Gasteiger partial charge in [0.05, 0.1) is 53.5 Å². The summed E-state index contributed by atoms with van der Waals surface area (Å²) in [6.45, 7) is 14.0. The Labute approximate surface area is 147 Å². The van der Waals surface area contributed by atoms with Crippen LogP contribution in [0.2, 0.25) is 0 Å². The van der Waals surface area contributed by atoms with E-state index < -0.39 is 0 Å². The molecule has 3 nitrogen and oxygen atoms in total. The molecule has 1 aliphatic rings. The summed E-state index contributed by atoms with van der Waals surface area (Å²) in [4.78, 5) is 0. The third-order valence-corrected chi connectivity index (χ3v) is 4.84. The molecule has 20 heavy (non-hydrogen) atoms. The van der Waals surface area contributed by atoms with E-state index in [2.05, 4.69) is 27.9 Å². The highest BCUT2D eigenvalue weighted by molar-refractivity contribution is 4.53. The van der Waals surface area contributed by atoms with Gasteiger partial charge in [0, 0.05) is 0 Å². The van der Waals surface area contributed by atoms with Crippen LogP contribution >= 0.6 is 0 Å². The Bertz CT molecular complexity index is 232. The van der Waals surface area contributed by atoms with Crippen molar-refractivity contribution in [2.45, 2.75) is 33.1 Å². The average Bonchev–Trinajstić information content (AvgIpc) is 2.39. The Morgan fingerprint density at radius 3 is 2.05 bits per heavy atom. The number of likely N-dealkylation sites (tertiary alicyclic amines) is 1. The molecule has 1 saturated heterocycles. The lowest BCUT2D eigenvalue weighted by Crippen LogP contribution is -3.00. The molecule has 0 spiro atoms. The summed E-state index contributed by atoms with van der Waals surface area (Å²) in [6, 6.07) is 0. The first-order valence-electron chi connectivity index (χ1n) is 7.78. The third kappa shape index (κ3) is 8.32. The molecule has 5 heteroatoms. The van der Waals surface area contributed by atoms with Gasteiger partial charge >= 0.3 is 0 Å². The number of hydrogen-bond acceptors (Lipinski definition) is 1. The number of quaternary nitrogens is 2. The second kappa shape index (κ2) is 11.4. The maximum Gasteiger partial charge on any atom is 0.102 e. The lowest BCUT2D eigenvalue weighted by Gasteiger charge is -2.40. The fourth-order valence-corrected chi connectivity index (χ4v) is 2.71. The second-order valence-corrected chi connectivity index (χ2v) is 6.48. The summed E-state index contributed by atoms with van der Waals surface area (Å²) in [5, 5.41) is 0. The molecule has 0 aromatic heterocycles. The fraction of sp³-hybridized carbons (Fsp3) is 1.00. The van der Waals surface area contributed by atoms with E-state index in [4.69, 9.17) is 4.74 Å². The molecule has 1 aliphatic heterocycles. The van der Waals surface area contributed by atoms with Crippen LogP contribution in [0, 0.1) is 0 Å². The van der Waals surface area contributed by atoms with E-state index in [-0.39, 0.29) is 34.0 Å². The lowest BCUT2D eigenvalue weighted by atomic mass is 10.1. The number of likely N-dealkylation sites (N-methyl/N-ethyl adjacent to an activating group) is 2. The molecule has 1 rings (SSSR count). The monoisotopic (exact) mass is 416 g/mol. The van der Waals surface area contributed by atoms with Gasteiger partial charge in [-0.15, -0.1) is 0 Å². The standard InChI is InChI=1S/C15H34N2O.2BrH/c1-5-16(3,4)12-14-18-15-13-17(6-2)10-8-7-9-11-17;;/h5-15H2,1-4H3;2*1H/q+2;;/p-2. The second-order valence-electron chi connectivity index (χ2n) is 6.48. The Hall–Kier alpha value is 0.840. The predicted octanol–water partition coefficient (Wildman–Crippen LogP) is -3.87. The topological polar surface area (TPSA) is 9.23 Å². The highest BCUT2D eigenvalue weighted by Gasteiger charge is 2.27. The first-order chi connectivity index (χ1) is 8.54. The molecule has 0 saturated carbocycles. The maximum absolute atomic E-state index is 5.87. The quantitative estimate of drug-likeness (QED) is 0.290. The van der Waals surface area contributed by atoms with Crippen LogP contribution in [0.3, 0.4) is 0 Å². The minimum absolute atomic E-state index is 0. The van der Waals surface area contributed by atoms with Gasteiger partial charge in [0.25, 0.3) is 0 Å². The summed E-state index contributed by atoms with van der Waals surface area (Å²) in [6.07, 6.45) is 4.25. The zero-order valence-corrected chi connectivity index (χ0v) is 17.0. The highest BCUT2D eigenvalue weighted by Crippen LogP contribution is 2.18. The Kier molecular flexibility index (Phi) is 13.2. The number of piperidine rings is 1. The number of halogens is 2. The van der Waals surface area contributed by atoms with Crippen LogP contribution in [0.15, 0.2) is 0 Å². The molecule has 0 aromatic carbocycles. The van der Waals surface area contributed by atoms with Gasteiger partial charge in [-0.25, -0.2) is 0 Å². The summed E-state index contributed by atoms with van der Waals surface area (Å²) in [5.74, 6) is 0. The minimum Gasteiger partial charge on any atom is -1.00 e. The molecule has 0 aromatic rings. The van der Waals surface area contributed by atoms with Crippen molar-refractivity contribution in [3.05, 3.63) is 0 Å². The molecule has 0 amide bonds. The van der Waals surface area contributed by atoms with Crippen LogP contribution in [0.1, 0.15) is 33.1 Å². The molecule has 0 radical (unpaired) electrons. The summed E-state index contributed by atoms with van der Waals surface area (Å²) in [7, 11) is 4.54. The summed E-state index contributed by atoms with van der Waals surface area (Å²) in [5.41, 5.74) is 0. The molecule has 1 heterocycles. The smallest absolute Gasteiger partial charge is 0.102 e. The van der Waals surface area contributed by atoms with Crippen LogP contribution < -0.4 is 34.0 Å². The molecule has 124 valence electrons. The van der Waals surface area contributed by atoms with Crippen molar-refractivity contribution in [2.24, 2.45) is 0 Å². The minimum atomic E-state index is 0. The Morgan fingerprint density at radius 1 is 0.950 bits per heavy atom. The van der Waals surface area contributed by atoms with Gasteiger partial charge in [-0.05, 0) is 33.1 Å². The van der Waals surface area contributed by atoms with Gasteiger partial charge < -0.3 is 47.7 Å². The fourth-order valence-electron chi connectivity index (χ4n) is 2.71. The summed E-state index contributed by atoms with van der Waals surface area (Å²) < 4.78 is 8.23. The zero-order chi connectivity index (χ0) is 13.5. The van der Waals surface area contributed by atoms with Crippen LogP contribution in [0.25, 0.3) is 0 Å². The normalized spacial score (nSPS) is 18.0.